The number of hydrogen-bond acceptors (Lipinski definition) is 5. The first kappa shape index (κ1) is 27.9. The zero-order valence-electron chi connectivity index (χ0n) is 23.6. The van der Waals surface area contributed by atoms with Crippen molar-refractivity contribution >= 4 is 5.97 Å². The molecule has 4 aliphatic rings. The highest BCUT2D eigenvalue weighted by Gasteiger charge is 2.76. The average Bonchev–Trinajstić information content (AvgIpc) is 3.33. The lowest BCUT2D eigenvalue weighted by molar-refractivity contribution is -0.178. The third kappa shape index (κ3) is 4.41. The van der Waals surface area contributed by atoms with E-state index >= 15 is 0 Å². The summed E-state index contributed by atoms with van der Waals surface area (Å²) in [4.78, 5) is 11.7. The minimum Gasteiger partial charge on any atom is -0.459 e. The summed E-state index contributed by atoms with van der Waals surface area (Å²) in [7, 11) is 0. The lowest BCUT2D eigenvalue weighted by atomic mass is 9.60. The summed E-state index contributed by atoms with van der Waals surface area (Å²) < 4.78 is 5.48. The van der Waals surface area contributed by atoms with E-state index in [9.17, 15) is 20.1 Å². The fourth-order valence-electron chi connectivity index (χ4n) is 8.80. The number of aliphatic hydroxyl groups is 3. The molecule has 10 atom stereocenters. The van der Waals surface area contributed by atoms with Crippen LogP contribution in [-0.2, 0) is 9.53 Å². The molecule has 4 aliphatic carbocycles. The van der Waals surface area contributed by atoms with Crippen molar-refractivity contribution in [2.75, 3.05) is 6.61 Å². The summed E-state index contributed by atoms with van der Waals surface area (Å²) >= 11 is 0. The number of esters is 1. The molecule has 3 N–H and O–H groups in total. The van der Waals surface area contributed by atoms with E-state index in [0.717, 1.165) is 12.8 Å². The minimum atomic E-state index is -1.37. The smallest absolute Gasteiger partial charge is 0.303 e. The van der Waals surface area contributed by atoms with Crippen LogP contribution in [0, 0.1) is 46.3 Å². The van der Waals surface area contributed by atoms with Crippen LogP contribution in [0.3, 0.4) is 0 Å². The highest BCUT2D eigenvalue weighted by atomic mass is 16.6. The maximum atomic E-state index is 11.7. The molecule has 0 aromatic heterocycles. The molecule has 0 amide bonds. The SMILES string of the molecule is CC(=O)O[C@H]1CC2CC2(C(C)/C=C2\CCC[C@]3(C)C([C@H](C)/C=C/[C@H](C)C(C)(C)O)CC[C@@H]23)C1(O)CO. The summed E-state index contributed by atoms with van der Waals surface area (Å²) in [6, 6.07) is 0. The molecule has 5 unspecified atom stereocenters. The molecule has 0 radical (unpaired) electrons. The molecule has 0 bridgehead atoms. The zero-order chi connectivity index (χ0) is 26.7. The van der Waals surface area contributed by atoms with Crippen LogP contribution in [-0.4, -0.2) is 45.2 Å². The van der Waals surface area contributed by atoms with Gasteiger partial charge in [-0.05, 0) is 93.8 Å². The molecule has 0 aliphatic heterocycles. The minimum absolute atomic E-state index is 0.117. The van der Waals surface area contributed by atoms with Gasteiger partial charge >= 0.3 is 5.97 Å². The standard InChI is InChI=1S/C31H50O5/c1-19(10-11-20(2)28(5,6)34)25-12-13-26-23(9-8-14-29(25,26)7)15-21(3)30-17-24(30)16-27(36-22(4)33)31(30,35)18-32/h10-11,15,19-21,24-27,32,34-35H,8-9,12-14,16-18H2,1-7H3/b11-10+,23-15+/t19-,20+,21?,24?,25?,26+,27+,29-,30?,31?/m1/s1. The number of ether oxygens (including phenoxy) is 1. The fourth-order valence-corrected chi connectivity index (χ4v) is 8.80. The van der Waals surface area contributed by atoms with Crippen molar-refractivity contribution in [3.05, 3.63) is 23.8 Å². The second kappa shape index (κ2) is 9.54. The quantitative estimate of drug-likeness (QED) is 0.304. The van der Waals surface area contributed by atoms with Gasteiger partial charge in [-0.2, -0.15) is 0 Å². The predicted octanol–water partition coefficient (Wildman–Crippen LogP) is 5.43. The van der Waals surface area contributed by atoms with Crippen molar-refractivity contribution in [2.24, 2.45) is 46.3 Å². The number of rotatable bonds is 8. The van der Waals surface area contributed by atoms with Gasteiger partial charge in [-0.3, -0.25) is 4.79 Å². The molecule has 0 spiro atoms. The van der Waals surface area contributed by atoms with Crippen LogP contribution in [0.15, 0.2) is 23.8 Å². The van der Waals surface area contributed by atoms with Crippen molar-refractivity contribution in [1.29, 1.82) is 0 Å². The van der Waals surface area contributed by atoms with E-state index in [4.69, 9.17) is 4.74 Å². The second-order valence-corrected chi connectivity index (χ2v) is 13.7. The Hall–Kier alpha value is -1.17. The predicted molar refractivity (Wildman–Crippen MR) is 142 cm³/mol. The number of allylic oxidation sites excluding steroid dienone is 3. The summed E-state index contributed by atoms with van der Waals surface area (Å²) in [5, 5.41) is 32.2. The molecular formula is C31H50O5. The molecular weight excluding hydrogens is 452 g/mol. The molecule has 5 heteroatoms. The van der Waals surface area contributed by atoms with E-state index < -0.39 is 28.7 Å². The third-order valence-corrected chi connectivity index (χ3v) is 11.3. The number of carbonyl (C=O) groups is 1. The Morgan fingerprint density at radius 3 is 2.53 bits per heavy atom. The van der Waals surface area contributed by atoms with Crippen molar-refractivity contribution in [2.45, 2.75) is 111 Å². The van der Waals surface area contributed by atoms with Gasteiger partial charge in [0.15, 0.2) is 0 Å². The molecule has 4 fully saturated rings. The first-order valence-electron chi connectivity index (χ1n) is 14.3. The lowest BCUT2D eigenvalue weighted by Gasteiger charge is -2.45. The van der Waals surface area contributed by atoms with Gasteiger partial charge in [0.05, 0.1) is 12.2 Å². The Bertz CT molecular complexity index is 901. The Kier molecular flexibility index (Phi) is 7.38. The maximum absolute atomic E-state index is 11.7. The van der Waals surface area contributed by atoms with Gasteiger partial charge in [0, 0.05) is 18.3 Å². The van der Waals surface area contributed by atoms with E-state index in [1.165, 1.54) is 38.2 Å². The van der Waals surface area contributed by atoms with Gasteiger partial charge in [0.25, 0.3) is 0 Å². The van der Waals surface area contributed by atoms with Crippen LogP contribution >= 0.6 is 0 Å². The normalized spacial score (nSPS) is 43.8. The molecule has 0 heterocycles. The highest BCUT2D eigenvalue weighted by Crippen LogP contribution is 2.73. The van der Waals surface area contributed by atoms with Crippen LogP contribution < -0.4 is 0 Å². The van der Waals surface area contributed by atoms with Gasteiger partial charge < -0.3 is 20.1 Å². The molecule has 0 aromatic carbocycles. The van der Waals surface area contributed by atoms with E-state index in [0.29, 0.717) is 30.1 Å². The molecule has 4 saturated carbocycles. The first-order chi connectivity index (χ1) is 16.7. The topological polar surface area (TPSA) is 87.0 Å². The molecule has 204 valence electrons. The van der Waals surface area contributed by atoms with Crippen LogP contribution in [0.5, 0.6) is 0 Å². The molecule has 36 heavy (non-hydrogen) atoms. The highest BCUT2D eigenvalue weighted by molar-refractivity contribution is 5.66. The molecule has 4 rings (SSSR count). The molecule has 0 aromatic rings. The summed E-state index contributed by atoms with van der Waals surface area (Å²) in [6.07, 6.45) is 13.9. The Morgan fingerprint density at radius 2 is 1.92 bits per heavy atom. The Balaban J connectivity index is 1.53. The van der Waals surface area contributed by atoms with E-state index in [2.05, 4.69) is 45.9 Å². The van der Waals surface area contributed by atoms with Crippen molar-refractivity contribution in [3.8, 4) is 0 Å². The van der Waals surface area contributed by atoms with Crippen LogP contribution in [0.1, 0.15) is 93.4 Å². The molecule has 5 nitrogen and oxygen atoms in total. The summed E-state index contributed by atoms with van der Waals surface area (Å²) in [5.74, 6) is 1.78. The average molecular weight is 503 g/mol. The van der Waals surface area contributed by atoms with E-state index in [1.54, 1.807) is 0 Å². The van der Waals surface area contributed by atoms with Crippen molar-refractivity contribution < 1.29 is 24.9 Å². The van der Waals surface area contributed by atoms with Gasteiger partial charge in [-0.25, -0.2) is 0 Å². The Morgan fingerprint density at radius 1 is 1.22 bits per heavy atom. The maximum Gasteiger partial charge on any atom is 0.303 e. The number of hydrogen-bond donors (Lipinski definition) is 3. The van der Waals surface area contributed by atoms with Crippen molar-refractivity contribution in [1.82, 2.24) is 0 Å². The van der Waals surface area contributed by atoms with Crippen LogP contribution in [0.25, 0.3) is 0 Å². The van der Waals surface area contributed by atoms with Gasteiger partial charge in [-0.15, -0.1) is 0 Å². The van der Waals surface area contributed by atoms with E-state index in [-0.39, 0.29) is 23.9 Å². The van der Waals surface area contributed by atoms with Crippen molar-refractivity contribution in [3.63, 3.8) is 0 Å². The lowest BCUT2D eigenvalue weighted by Crippen LogP contribution is -2.53. The number of aliphatic hydroxyl groups excluding tert-OH is 1. The summed E-state index contributed by atoms with van der Waals surface area (Å²) in [6.45, 7) is 13.9. The number of carbonyl (C=O) groups excluding carboxylic acids is 1. The van der Waals surface area contributed by atoms with Gasteiger partial charge in [0.1, 0.15) is 11.7 Å². The second-order valence-electron chi connectivity index (χ2n) is 13.7. The fraction of sp³-hybridized carbons (Fsp3) is 0.839. The first-order valence-corrected chi connectivity index (χ1v) is 14.3. The van der Waals surface area contributed by atoms with Crippen LogP contribution in [0.4, 0.5) is 0 Å². The van der Waals surface area contributed by atoms with Gasteiger partial charge in [-0.1, -0.05) is 51.5 Å². The monoisotopic (exact) mass is 502 g/mol. The summed E-state index contributed by atoms with van der Waals surface area (Å²) in [5.41, 5.74) is -0.678. The number of fused-ring (bicyclic) bond motifs is 2. The zero-order valence-corrected chi connectivity index (χ0v) is 23.6. The van der Waals surface area contributed by atoms with E-state index in [1.807, 2.05) is 13.8 Å². The van der Waals surface area contributed by atoms with Crippen LogP contribution in [0.2, 0.25) is 0 Å². The third-order valence-electron chi connectivity index (χ3n) is 11.3. The largest absolute Gasteiger partial charge is 0.459 e. The Labute approximate surface area is 218 Å². The van der Waals surface area contributed by atoms with Gasteiger partial charge in [0.2, 0.25) is 0 Å². The molecule has 0 saturated heterocycles.